The molecule has 1 heterocycles. The molecule has 0 aliphatic heterocycles. The number of hydrogen-bond donors (Lipinski definition) is 1. The number of aromatic nitrogens is 1. The van der Waals surface area contributed by atoms with Gasteiger partial charge in [-0.25, -0.2) is 4.98 Å². The lowest BCUT2D eigenvalue weighted by Gasteiger charge is -2.32. The number of ether oxygens (including phenoxy) is 1. The molecule has 1 saturated carbocycles. The number of pyridine rings is 1. The topological polar surface area (TPSA) is 51.4 Å². The van der Waals surface area contributed by atoms with Crippen LogP contribution in [0.1, 0.15) is 38.3 Å². The smallest absolute Gasteiger partial charge is 0.133 e. The van der Waals surface area contributed by atoms with Crippen molar-refractivity contribution >= 4 is 5.82 Å². The van der Waals surface area contributed by atoms with Crippen LogP contribution >= 0.6 is 0 Å². The normalized spacial score (nSPS) is 18.1. The first-order chi connectivity index (χ1) is 9.15. The van der Waals surface area contributed by atoms with Crippen LogP contribution in [0.2, 0.25) is 0 Å². The van der Waals surface area contributed by atoms with Crippen molar-refractivity contribution in [3.63, 3.8) is 0 Å². The highest BCUT2D eigenvalue weighted by Crippen LogP contribution is 2.37. The van der Waals surface area contributed by atoms with Crippen LogP contribution in [0.4, 0.5) is 5.82 Å². The molecule has 1 unspecified atom stereocenters. The zero-order valence-corrected chi connectivity index (χ0v) is 12.2. The number of hydrogen-bond acceptors (Lipinski definition) is 4. The summed E-state index contributed by atoms with van der Waals surface area (Å²) in [5.41, 5.74) is 7.19. The van der Waals surface area contributed by atoms with E-state index in [0.717, 1.165) is 23.8 Å². The van der Waals surface area contributed by atoms with Gasteiger partial charge in [-0.15, -0.1) is 0 Å². The van der Waals surface area contributed by atoms with Crippen LogP contribution in [-0.2, 0) is 4.74 Å². The van der Waals surface area contributed by atoms with E-state index in [0.29, 0.717) is 12.6 Å². The van der Waals surface area contributed by atoms with Crippen molar-refractivity contribution in [2.45, 2.75) is 38.8 Å². The van der Waals surface area contributed by atoms with Crippen molar-refractivity contribution in [2.75, 3.05) is 25.2 Å². The molecule has 1 aliphatic carbocycles. The average Bonchev–Trinajstić information content (AvgIpc) is 3.23. The molecule has 4 nitrogen and oxygen atoms in total. The summed E-state index contributed by atoms with van der Waals surface area (Å²) in [4.78, 5) is 6.94. The Balaban J connectivity index is 2.25. The Morgan fingerprint density at radius 1 is 1.47 bits per heavy atom. The van der Waals surface area contributed by atoms with Crippen LogP contribution in [0.25, 0.3) is 0 Å². The average molecular weight is 263 g/mol. The van der Waals surface area contributed by atoms with E-state index in [1.165, 1.54) is 12.8 Å². The van der Waals surface area contributed by atoms with Gasteiger partial charge in [-0.1, -0.05) is 6.07 Å². The van der Waals surface area contributed by atoms with Gasteiger partial charge in [-0.3, -0.25) is 0 Å². The van der Waals surface area contributed by atoms with Crippen LogP contribution in [-0.4, -0.2) is 31.3 Å². The summed E-state index contributed by atoms with van der Waals surface area (Å²) in [5, 5.41) is 0. The van der Waals surface area contributed by atoms with Crippen LogP contribution in [0.3, 0.4) is 0 Å². The van der Waals surface area contributed by atoms with Gasteiger partial charge in [0.15, 0.2) is 0 Å². The maximum atomic E-state index is 6.07. The van der Waals surface area contributed by atoms with Gasteiger partial charge in [0.25, 0.3) is 0 Å². The van der Waals surface area contributed by atoms with Crippen LogP contribution in [0.15, 0.2) is 18.3 Å². The van der Waals surface area contributed by atoms with Gasteiger partial charge in [-0.2, -0.15) is 0 Å². The quantitative estimate of drug-likeness (QED) is 0.820. The minimum absolute atomic E-state index is 0.000137. The zero-order valence-electron chi connectivity index (χ0n) is 12.2. The number of nitrogens with two attached hydrogens (primary N) is 1. The Bertz CT molecular complexity index is 404. The molecule has 0 radical (unpaired) electrons. The second kappa shape index (κ2) is 6.35. The first-order valence-electron chi connectivity index (χ1n) is 7.11. The third-order valence-corrected chi connectivity index (χ3v) is 3.91. The molecule has 4 heteroatoms. The zero-order chi connectivity index (χ0) is 13.8. The van der Waals surface area contributed by atoms with Crippen LogP contribution in [0, 0.1) is 5.92 Å². The predicted molar refractivity (Wildman–Crippen MR) is 78.2 cm³/mol. The molecule has 1 fully saturated rings. The summed E-state index contributed by atoms with van der Waals surface area (Å²) in [6.07, 6.45) is 4.50. The molecule has 1 aromatic heterocycles. The van der Waals surface area contributed by atoms with Crippen molar-refractivity contribution < 1.29 is 4.74 Å². The number of rotatable bonds is 7. The fraction of sp³-hybridized carbons (Fsp3) is 0.667. The van der Waals surface area contributed by atoms with Crippen molar-refractivity contribution in [2.24, 2.45) is 11.7 Å². The largest absolute Gasteiger partial charge is 0.383 e. The lowest BCUT2D eigenvalue weighted by atomic mass is 10.1. The standard InChI is InChI=1S/C15H25N3O/c1-11(16)14-5-4-8-17-15(14)18(9-10-19-3)12(2)13-6-7-13/h4-5,8,11-13H,6-7,9-10,16H2,1-3H3/t11-,12?/m1/s1. The summed E-state index contributed by atoms with van der Waals surface area (Å²) in [7, 11) is 1.74. The maximum Gasteiger partial charge on any atom is 0.133 e. The molecule has 1 aliphatic rings. The third-order valence-electron chi connectivity index (χ3n) is 3.91. The summed E-state index contributed by atoms with van der Waals surface area (Å²) in [5.74, 6) is 1.81. The predicted octanol–water partition coefficient (Wildman–Crippen LogP) is 2.35. The van der Waals surface area contributed by atoms with Crippen LogP contribution < -0.4 is 10.6 Å². The van der Waals surface area contributed by atoms with E-state index in [2.05, 4.69) is 22.9 Å². The molecule has 106 valence electrons. The summed E-state index contributed by atoms with van der Waals surface area (Å²) >= 11 is 0. The van der Waals surface area contributed by atoms with E-state index < -0.39 is 0 Å². The van der Waals surface area contributed by atoms with Crippen molar-refractivity contribution in [1.29, 1.82) is 0 Å². The second-order valence-electron chi connectivity index (χ2n) is 5.47. The Morgan fingerprint density at radius 2 is 2.21 bits per heavy atom. The monoisotopic (exact) mass is 263 g/mol. The Kier molecular flexibility index (Phi) is 4.77. The molecule has 2 atom stereocenters. The summed E-state index contributed by atoms with van der Waals surface area (Å²) in [6.45, 7) is 5.88. The van der Waals surface area contributed by atoms with Gasteiger partial charge in [0.1, 0.15) is 5.82 Å². The van der Waals surface area contributed by atoms with E-state index in [-0.39, 0.29) is 6.04 Å². The van der Waals surface area contributed by atoms with Crippen molar-refractivity contribution in [1.82, 2.24) is 4.98 Å². The molecule has 0 bridgehead atoms. The Labute approximate surface area is 116 Å². The van der Waals surface area contributed by atoms with E-state index in [9.17, 15) is 0 Å². The lowest BCUT2D eigenvalue weighted by Crippen LogP contribution is -2.39. The molecular weight excluding hydrogens is 238 g/mol. The molecule has 0 amide bonds. The van der Waals surface area contributed by atoms with Gasteiger partial charge in [0, 0.05) is 37.5 Å². The van der Waals surface area contributed by atoms with E-state index in [1.54, 1.807) is 7.11 Å². The van der Waals surface area contributed by atoms with Gasteiger partial charge >= 0.3 is 0 Å². The summed E-state index contributed by atoms with van der Waals surface area (Å²) < 4.78 is 5.24. The van der Waals surface area contributed by atoms with E-state index >= 15 is 0 Å². The molecule has 1 aromatic rings. The Hall–Kier alpha value is -1.13. The highest BCUT2D eigenvalue weighted by Gasteiger charge is 2.33. The molecule has 2 rings (SSSR count). The fourth-order valence-electron chi connectivity index (χ4n) is 2.53. The molecular formula is C15H25N3O. The highest BCUT2D eigenvalue weighted by molar-refractivity contribution is 5.49. The molecule has 0 spiro atoms. The van der Waals surface area contributed by atoms with Gasteiger partial charge in [0.05, 0.1) is 6.61 Å². The minimum atomic E-state index is 0.000137. The molecule has 19 heavy (non-hydrogen) atoms. The lowest BCUT2D eigenvalue weighted by molar-refractivity contribution is 0.202. The third kappa shape index (κ3) is 3.45. The van der Waals surface area contributed by atoms with E-state index in [1.807, 2.05) is 19.2 Å². The van der Waals surface area contributed by atoms with Gasteiger partial charge in [-0.05, 0) is 38.7 Å². The highest BCUT2D eigenvalue weighted by atomic mass is 16.5. The molecule has 2 N–H and O–H groups in total. The maximum absolute atomic E-state index is 6.07. The second-order valence-corrected chi connectivity index (χ2v) is 5.47. The first kappa shape index (κ1) is 14.3. The first-order valence-corrected chi connectivity index (χ1v) is 7.11. The van der Waals surface area contributed by atoms with E-state index in [4.69, 9.17) is 10.5 Å². The van der Waals surface area contributed by atoms with Gasteiger partial charge < -0.3 is 15.4 Å². The SMILES string of the molecule is COCCN(c1ncccc1[C@@H](C)N)C(C)C1CC1. The van der Waals surface area contributed by atoms with Crippen LogP contribution in [0.5, 0.6) is 0 Å². The van der Waals surface area contributed by atoms with Crippen molar-refractivity contribution in [3.05, 3.63) is 23.9 Å². The Morgan fingerprint density at radius 3 is 2.79 bits per heavy atom. The number of nitrogens with zero attached hydrogens (tertiary/aromatic N) is 2. The molecule has 0 saturated heterocycles. The number of methoxy groups -OCH3 is 1. The number of anilines is 1. The minimum Gasteiger partial charge on any atom is -0.383 e. The summed E-state index contributed by atoms with van der Waals surface area (Å²) in [6, 6.07) is 4.54. The van der Waals surface area contributed by atoms with Gasteiger partial charge in [0.2, 0.25) is 0 Å². The van der Waals surface area contributed by atoms with Crippen molar-refractivity contribution in [3.8, 4) is 0 Å². The fourth-order valence-corrected chi connectivity index (χ4v) is 2.53. The molecule has 0 aromatic carbocycles.